The average molecular weight is 292 g/mol. The van der Waals surface area contributed by atoms with Gasteiger partial charge in [0.25, 0.3) is 0 Å². The van der Waals surface area contributed by atoms with Gasteiger partial charge in [-0.05, 0) is 18.7 Å². The molecule has 0 fully saturated rings. The fourth-order valence-corrected chi connectivity index (χ4v) is 2.78. The molecule has 0 saturated carbocycles. The van der Waals surface area contributed by atoms with E-state index in [2.05, 4.69) is 38.0 Å². The minimum Gasteiger partial charge on any atom is -0.362 e. The lowest BCUT2D eigenvalue weighted by atomic mass is 10.1. The molecule has 0 aliphatic carbocycles. The van der Waals surface area contributed by atoms with Crippen molar-refractivity contribution in [3.8, 4) is 0 Å². The monoisotopic (exact) mass is 291 g/mol. The number of fused-ring (bicyclic) bond motifs is 1. The van der Waals surface area contributed by atoms with E-state index in [0.717, 1.165) is 49.1 Å². The van der Waals surface area contributed by atoms with Gasteiger partial charge in [-0.2, -0.15) is 0 Å². The van der Waals surface area contributed by atoms with Gasteiger partial charge in [-0.15, -0.1) is 10.2 Å². The zero-order valence-electron chi connectivity index (χ0n) is 11.5. The summed E-state index contributed by atoms with van der Waals surface area (Å²) in [5.74, 6) is 1.01. The summed E-state index contributed by atoms with van der Waals surface area (Å²) in [5, 5.41) is 12.3. The van der Waals surface area contributed by atoms with Crippen molar-refractivity contribution in [3.63, 3.8) is 0 Å². The Labute approximate surface area is 123 Å². The third kappa shape index (κ3) is 2.51. The number of nitrogens with one attached hydrogen (secondary N) is 1. The van der Waals surface area contributed by atoms with Gasteiger partial charge in [-0.1, -0.05) is 24.6 Å². The van der Waals surface area contributed by atoms with Crippen molar-refractivity contribution in [2.24, 2.45) is 0 Å². The molecule has 0 saturated heterocycles. The predicted octanol–water partition coefficient (Wildman–Crippen LogP) is 2.06. The molecule has 0 atom stereocenters. The van der Waals surface area contributed by atoms with Crippen LogP contribution < -0.4 is 10.2 Å². The van der Waals surface area contributed by atoms with Crippen LogP contribution in [0.1, 0.15) is 18.3 Å². The molecule has 1 N–H and O–H groups in total. The third-order valence-electron chi connectivity index (χ3n) is 3.63. The van der Waals surface area contributed by atoms with Gasteiger partial charge in [-0.25, -0.2) is 0 Å². The van der Waals surface area contributed by atoms with E-state index in [1.54, 1.807) is 6.33 Å². The minimum atomic E-state index is 0.777. The summed E-state index contributed by atoms with van der Waals surface area (Å²) in [6, 6.07) is 6.08. The first-order valence-corrected chi connectivity index (χ1v) is 7.27. The Kier molecular flexibility index (Phi) is 3.89. The van der Waals surface area contributed by atoms with E-state index in [4.69, 9.17) is 11.6 Å². The molecule has 2 aromatic rings. The number of halogens is 1. The van der Waals surface area contributed by atoms with Crippen molar-refractivity contribution in [1.29, 1.82) is 0 Å². The molecule has 0 amide bonds. The van der Waals surface area contributed by atoms with Gasteiger partial charge < -0.3 is 14.8 Å². The Balaban J connectivity index is 1.89. The Morgan fingerprint density at radius 1 is 1.35 bits per heavy atom. The molecule has 1 aromatic carbocycles. The van der Waals surface area contributed by atoms with Crippen LogP contribution in [-0.4, -0.2) is 27.9 Å². The van der Waals surface area contributed by atoms with Crippen LogP contribution in [-0.2, 0) is 19.6 Å². The summed E-state index contributed by atoms with van der Waals surface area (Å²) in [6.07, 6.45) is 1.80. The number of anilines is 1. The molecule has 0 unspecified atom stereocenters. The molecule has 6 heteroatoms. The fourth-order valence-electron chi connectivity index (χ4n) is 2.54. The van der Waals surface area contributed by atoms with E-state index in [0.29, 0.717) is 0 Å². The van der Waals surface area contributed by atoms with Gasteiger partial charge in [-0.3, -0.25) is 0 Å². The summed E-state index contributed by atoms with van der Waals surface area (Å²) in [5.41, 5.74) is 2.34. The lowest BCUT2D eigenvalue weighted by Gasteiger charge is -2.31. The zero-order valence-corrected chi connectivity index (χ0v) is 12.3. The molecule has 5 nitrogen and oxygen atoms in total. The molecule has 1 aliphatic heterocycles. The molecule has 3 rings (SSSR count). The van der Waals surface area contributed by atoms with E-state index in [1.807, 2.05) is 12.1 Å². The largest absolute Gasteiger partial charge is 0.362 e. The molecule has 0 bridgehead atoms. The van der Waals surface area contributed by atoms with Crippen LogP contribution in [0.15, 0.2) is 24.5 Å². The summed E-state index contributed by atoms with van der Waals surface area (Å²) in [4.78, 5) is 2.32. The van der Waals surface area contributed by atoms with Crippen LogP contribution in [0.2, 0.25) is 5.02 Å². The van der Waals surface area contributed by atoms with E-state index >= 15 is 0 Å². The summed E-state index contributed by atoms with van der Waals surface area (Å²) in [7, 11) is 0. The maximum atomic E-state index is 6.36. The Bertz CT molecular complexity index is 595. The van der Waals surface area contributed by atoms with Crippen molar-refractivity contribution in [2.45, 2.75) is 26.6 Å². The highest BCUT2D eigenvalue weighted by molar-refractivity contribution is 6.31. The first-order valence-electron chi connectivity index (χ1n) is 6.89. The van der Waals surface area contributed by atoms with Gasteiger partial charge in [0, 0.05) is 35.9 Å². The summed E-state index contributed by atoms with van der Waals surface area (Å²) in [6.45, 7) is 6.45. The molecule has 20 heavy (non-hydrogen) atoms. The van der Waals surface area contributed by atoms with Crippen LogP contribution in [0.5, 0.6) is 0 Å². The van der Waals surface area contributed by atoms with E-state index in [-0.39, 0.29) is 0 Å². The Morgan fingerprint density at radius 3 is 3.10 bits per heavy atom. The van der Waals surface area contributed by atoms with Gasteiger partial charge in [0.05, 0.1) is 6.54 Å². The van der Waals surface area contributed by atoms with Gasteiger partial charge >= 0.3 is 0 Å². The molecule has 0 spiro atoms. The number of hydrogen-bond donors (Lipinski definition) is 1. The zero-order chi connectivity index (χ0) is 13.9. The molecule has 1 aromatic heterocycles. The third-order valence-corrected chi connectivity index (χ3v) is 3.98. The second kappa shape index (κ2) is 5.81. The average Bonchev–Trinajstić information content (AvgIpc) is 2.93. The Hall–Kier alpha value is -1.59. The van der Waals surface area contributed by atoms with Crippen molar-refractivity contribution < 1.29 is 0 Å². The van der Waals surface area contributed by atoms with E-state index in [1.165, 1.54) is 5.69 Å². The van der Waals surface area contributed by atoms with E-state index in [9.17, 15) is 0 Å². The maximum Gasteiger partial charge on any atom is 0.152 e. The first-order chi connectivity index (χ1) is 9.79. The quantitative estimate of drug-likeness (QED) is 0.937. The fraction of sp³-hybridized carbons (Fsp3) is 0.429. The molecular formula is C14H18ClN5. The number of hydrogen-bond acceptors (Lipinski definition) is 4. The first kappa shape index (κ1) is 13.4. The lowest BCUT2D eigenvalue weighted by Crippen LogP contribution is -2.34. The van der Waals surface area contributed by atoms with Gasteiger partial charge in [0.2, 0.25) is 0 Å². The highest BCUT2D eigenvalue weighted by Crippen LogP contribution is 2.29. The number of nitrogens with zero attached hydrogens (tertiary/aromatic N) is 4. The van der Waals surface area contributed by atoms with Crippen LogP contribution in [0.25, 0.3) is 0 Å². The van der Waals surface area contributed by atoms with Crippen LogP contribution in [0.4, 0.5) is 5.69 Å². The molecular weight excluding hydrogens is 274 g/mol. The number of rotatable bonds is 4. The highest BCUT2D eigenvalue weighted by Gasteiger charge is 2.20. The predicted molar refractivity (Wildman–Crippen MR) is 79.9 cm³/mol. The molecule has 2 heterocycles. The Morgan fingerprint density at radius 2 is 2.25 bits per heavy atom. The van der Waals surface area contributed by atoms with Crippen LogP contribution in [0, 0.1) is 0 Å². The minimum absolute atomic E-state index is 0.777. The summed E-state index contributed by atoms with van der Waals surface area (Å²) >= 11 is 6.36. The standard InChI is InChI=1S/C14H18ClN5/c1-2-16-8-11-12(15)4-3-5-13(11)19-6-7-20-10-17-18-14(20)9-19/h3-5,10,16H,2,6-9H2,1H3. The van der Waals surface area contributed by atoms with Crippen molar-refractivity contribution in [3.05, 3.63) is 40.9 Å². The van der Waals surface area contributed by atoms with Crippen molar-refractivity contribution in [2.75, 3.05) is 18.0 Å². The van der Waals surface area contributed by atoms with E-state index < -0.39 is 0 Å². The molecule has 0 radical (unpaired) electrons. The molecule has 1 aliphatic rings. The summed E-state index contributed by atoms with van der Waals surface area (Å²) < 4.78 is 2.10. The topological polar surface area (TPSA) is 46.0 Å². The smallest absolute Gasteiger partial charge is 0.152 e. The van der Waals surface area contributed by atoms with Crippen molar-refractivity contribution in [1.82, 2.24) is 20.1 Å². The normalized spacial score (nSPS) is 14.4. The van der Waals surface area contributed by atoms with Crippen molar-refractivity contribution >= 4 is 17.3 Å². The number of aromatic nitrogens is 3. The lowest BCUT2D eigenvalue weighted by molar-refractivity contribution is 0.557. The highest BCUT2D eigenvalue weighted by atomic mass is 35.5. The number of benzene rings is 1. The molecule has 106 valence electrons. The second-order valence-electron chi connectivity index (χ2n) is 4.88. The second-order valence-corrected chi connectivity index (χ2v) is 5.29. The van der Waals surface area contributed by atoms with Gasteiger partial charge in [0.1, 0.15) is 6.33 Å². The SMILES string of the molecule is CCNCc1c(Cl)cccc1N1CCn2cnnc2C1. The van der Waals surface area contributed by atoms with Gasteiger partial charge in [0.15, 0.2) is 5.82 Å². The van der Waals surface area contributed by atoms with Crippen LogP contribution >= 0.6 is 11.6 Å². The van der Waals surface area contributed by atoms with Crippen LogP contribution in [0.3, 0.4) is 0 Å². The maximum absolute atomic E-state index is 6.36.